The second kappa shape index (κ2) is 6.04. The Bertz CT molecular complexity index is 258. The number of nitrogens with two attached hydrogens (primary N) is 1. The molecule has 0 aliphatic heterocycles. The molecule has 0 rings (SSSR count). The molecule has 12 heavy (non-hydrogen) atoms. The standard InChI is InChI=1S/C6H8N4O2/c7-5(4-6(11)12)2-1-3-9-10-8/h5H,3-4,7H2,(H,11,12). The molecule has 0 aromatic carbocycles. The lowest BCUT2D eigenvalue weighted by Gasteiger charge is -1.96. The molecule has 64 valence electrons. The van der Waals surface area contributed by atoms with Crippen LogP contribution in [-0.4, -0.2) is 23.7 Å². The Balaban J connectivity index is 3.78. The Morgan fingerprint density at radius 1 is 1.83 bits per heavy atom. The third-order valence-electron chi connectivity index (χ3n) is 0.895. The molecule has 0 bridgehead atoms. The molecule has 0 aromatic rings. The largest absolute Gasteiger partial charge is 0.481 e. The minimum absolute atomic E-state index is 0.0177. The molecule has 1 atom stereocenters. The first kappa shape index (κ1) is 10.3. The number of nitrogens with zero attached hydrogens (tertiary/aromatic N) is 3. The second-order valence-corrected chi connectivity index (χ2v) is 1.91. The molecule has 6 heteroatoms. The number of aliphatic carboxylic acids is 1. The predicted molar refractivity (Wildman–Crippen MR) is 42.0 cm³/mol. The highest BCUT2D eigenvalue weighted by Crippen LogP contribution is 1.84. The SMILES string of the molecule is [N-]=[N+]=NCC#CC(N)CC(=O)O. The summed E-state index contributed by atoms with van der Waals surface area (Å²) in [5.41, 5.74) is 13.1. The molecular weight excluding hydrogens is 160 g/mol. The highest BCUT2D eigenvalue weighted by atomic mass is 16.4. The van der Waals surface area contributed by atoms with Crippen LogP contribution in [0.15, 0.2) is 5.11 Å². The topological polar surface area (TPSA) is 112 Å². The van der Waals surface area contributed by atoms with E-state index in [1.165, 1.54) is 0 Å². The lowest BCUT2D eigenvalue weighted by atomic mass is 10.2. The van der Waals surface area contributed by atoms with Crippen LogP contribution < -0.4 is 5.73 Å². The van der Waals surface area contributed by atoms with Crippen molar-refractivity contribution < 1.29 is 9.90 Å². The van der Waals surface area contributed by atoms with E-state index in [9.17, 15) is 4.79 Å². The van der Waals surface area contributed by atoms with E-state index in [0.717, 1.165) is 0 Å². The van der Waals surface area contributed by atoms with Crippen molar-refractivity contribution in [2.75, 3.05) is 6.54 Å². The summed E-state index contributed by atoms with van der Waals surface area (Å²) in [5, 5.41) is 11.4. The molecule has 0 radical (unpaired) electrons. The number of azide groups is 1. The Labute approximate surface area is 69.0 Å². The van der Waals surface area contributed by atoms with Crippen LogP contribution in [-0.2, 0) is 4.79 Å². The van der Waals surface area contributed by atoms with Gasteiger partial charge >= 0.3 is 5.97 Å². The number of hydrogen-bond donors (Lipinski definition) is 2. The summed E-state index contributed by atoms with van der Waals surface area (Å²) in [4.78, 5) is 12.5. The van der Waals surface area contributed by atoms with E-state index in [1.807, 2.05) is 0 Å². The number of carbonyl (C=O) groups is 1. The van der Waals surface area contributed by atoms with Gasteiger partial charge in [0.05, 0.1) is 19.0 Å². The lowest BCUT2D eigenvalue weighted by molar-refractivity contribution is -0.137. The Kier molecular flexibility index (Phi) is 5.18. The van der Waals surface area contributed by atoms with Crippen molar-refractivity contribution in [1.29, 1.82) is 0 Å². The molecule has 0 heterocycles. The van der Waals surface area contributed by atoms with Crippen LogP contribution in [0.2, 0.25) is 0 Å². The fraction of sp³-hybridized carbons (Fsp3) is 0.500. The normalized spacial score (nSPS) is 10.4. The van der Waals surface area contributed by atoms with E-state index in [4.69, 9.17) is 16.4 Å². The monoisotopic (exact) mass is 168 g/mol. The summed E-state index contributed by atoms with van der Waals surface area (Å²) in [7, 11) is 0. The third kappa shape index (κ3) is 6.42. The molecule has 6 nitrogen and oxygen atoms in total. The maximum absolute atomic E-state index is 10.1. The molecule has 0 saturated heterocycles. The van der Waals surface area contributed by atoms with E-state index in [1.54, 1.807) is 0 Å². The molecule has 0 aromatic heterocycles. The maximum atomic E-state index is 10.1. The molecule has 0 fully saturated rings. The van der Waals surface area contributed by atoms with Crippen LogP contribution in [0.3, 0.4) is 0 Å². The summed E-state index contributed by atoms with van der Waals surface area (Å²) >= 11 is 0. The summed E-state index contributed by atoms with van der Waals surface area (Å²) in [6.45, 7) is 0.0177. The van der Waals surface area contributed by atoms with Gasteiger partial charge in [-0.2, -0.15) is 0 Å². The fourth-order valence-corrected chi connectivity index (χ4v) is 0.483. The van der Waals surface area contributed by atoms with Crippen LogP contribution in [0.5, 0.6) is 0 Å². The second-order valence-electron chi connectivity index (χ2n) is 1.91. The molecule has 0 aliphatic rings. The fourth-order valence-electron chi connectivity index (χ4n) is 0.483. The quantitative estimate of drug-likeness (QED) is 0.269. The Hall–Kier alpha value is -1.70. The highest BCUT2D eigenvalue weighted by Gasteiger charge is 2.02. The van der Waals surface area contributed by atoms with Crippen molar-refractivity contribution in [3.05, 3.63) is 10.4 Å². The number of carboxylic acids is 1. The van der Waals surface area contributed by atoms with Gasteiger partial charge in [0.15, 0.2) is 0 Å². The molecule has 1 unspecified atom stereocenters. The summed E-state index contributed by atoms with van der Waals surface area (Å²) in [6.07, 6.45) is -0.205. The molecule has 0 amide bonds. The first-order valence-electron chi connectivity index (χ1n) is 3.13. The van der Waals surface area contributed by atoms with Gasteiger partial charge in [-0.05, 0) is 5.53 Å². The summed E-state index contributed by atoms with van der Waals surface area (Å²) in [5.74, 6) is 3.86. The van der Waals surface area contributed by atoms with E-state index >= 15 is 0 Å². The van der Waals surface area contributed by atoms with Crippen LogP contribution in [0.4, 0.5) is 0 Å². The summed E-state index contributed by atoms with van der Waals surface area (Å²) < 4.78 is 0. The average molecular weight is 168 g/mol. The molecular formula is C6H8N4O2. The number of rotatable bonds is 3. The third-order valence-corrected chi connectivity index (χ3v) is 0.895. The number of hydrogen-bond acceptors (Lipinski definition) is 3. The van der Waals surface area contributed by atoms with E-state index < -0.39 is 12.0 Å². The molecule has 0 aliphatic carbocycles. The maximum Gasteiger partial charge on any atom is 0.305 e. The van der Waals surface area contributed by atoms with Crippen LogP contribution in [0, 0.1) is 11.8 Å². The number of carboxylic acid groups (broad SMARTS) is 1. The van der Waals surface area contributed by atoms with E-state index in [0.29, 0.717) is 0 Å². The summed E-state index contributed by atoms with van der Waals surface area (Å²) in [6, 6.07) is -0.698. The van der Waals surface area contributed by atoms with Crippen molar-refractivity contribution in [2.45, 2.75) is 12.5 Å². The van der Waals surface area contributed by atoms with E-state index in [2.05, 4.69) is 21.9 Å². The zero-order valence-electron chi connectivity index (χ0n) is 6.27. The van der Waals surface area contributed by atoms with E-state index in [-0.39, 0.29) is 13.0 Å². The predicted octanol–water partition coefficient (Wildman–Crippen LogP) is 0.102. The van der Waals surface area contributed by atoms with Crippen molar-refractivity contribution in [3.63, 3.8) is 0 Å². The molecule has 3 N–H and O–H groups in total. The van der Waals surface area contributed by atoms with Gasteiger partial charge in [-0.25, -0.2) is 0 Å². The van der Waals surface area contributed by atoms with Crippen LogP contribution in [0.1, 0.15) is 6.42 Å². The zero-order valence-corrected chi connectivity index (χ0v) is 6.27. The van der Waals surface area contributed by atoms with Crippen molar-refractivity contribution in [2.24, 2.45) is 10.8 Å². The van der Waals surface area contributed by atoms with Gasteiger partial charge in [-0.1, -0.05) is 17.0 Å². The van der Waals surface area contributed by atoms with Crippen molar-refractivity contribution in [1.82, 2.24) is 0 Å². The smallest absolute Gasteiger partial charge is 0.305 e. The minimum atomic E-state index is -0.999. The first-order chi connectivity index (χ1) is 5.66. The molecule has 0 saturated carbocycles. The minimum Gasteiger partial charge on any atom is -0.481 e. The van der Waals surface area contributed by atoms with Gasteiger partial charge in [0.25, 0.3) is 0 Å². The highest BCUT2D eigenvalue weighted by molar-refractivity contribution is 5.68. The average Bonchev–Trinajstić information content (AvgIpc) is 1.97. The van der Waals surface area contributed by atoms with Gasteiger partial charge in [-0.15, -0.1) is 0 Å². The van der Waals surface area contributed by atoms with Gasteiger partial charge in [0.2, 0.25) is 0 Å². The van der Waals surface area contributed by atoms with Crippen molar-refractivity contribution >= 4 is 5.97 Å². The van der Waals surface area contributed by atoms with Crippen LogP contribution in [0.25, 0.3) is 10.4 Å². The first-order valence-corrected chi connectivity index (χ1v) is 3.13. The van der Waals surface area contributed by atoms with Gasteiger partial charge < -0.3 is 10.8 Å². The molecule has 0 spiro atoms. The van der Waals surface area contributed by atoms with Gasteiger partial charge in [0.1, 0.15) is 0 Å². The van der Waals surface area contributed by atoms with Gasteiger partial charge in [-0.3, -0.25) is 4.79 Å². The Morgan fingerprint density at radius 2 is 2.50 bits per heavy atom. The lowest BCUT2D eigenvalue weighted by Crippen LogP contribution is -2.21. The zero-order chi connectivity index (χ0) is 9.40. The Morgan fingerprint density at radius 3 is 3.00 bits per heavy atom. The van der Waals surface area contributed by atoms with Crippen LogP contribution >= 0.6 is 0 Å². The van der Waals surface area contributed by atoms with Gasteiger partial charge in [0, 0.05) is 4.91 Å². The van der Waals surface area contributed by atoms with Crippen molar-refractivity contribution in [3.8, 4) is 11.8 Å².